The van der Waals surface area contributed by atoms with Crippen LogP contribution in [0.4, 0.5) is 0 Å². The third-order valence-corrected chi connectivity index (χ3v) is 10.7. The van der Waals surface area contributed by atoms with Gasteiger partial charge in [-0.25, -0.2) is 4.79 Å². The zero-order valence-corrected chi connectivity index (χ0v) is 22.0. The molecule has 1 aromatic carbocycles. The summed E-state index contributed by atoms with van der Waals surface area (Å²) in [7, 11) is 3.38. The van der Waals surface area contributed by atoms with Crippen LogP contribution in [0.25, 0.3) is 0 Å². The summed E-state index contributed by atoms with van der Waals surface area (Å²) < 4.78 is 31.4. The average molecular weight is 561 g/mol. The number of hydrogen-bond acceptors (Lipinski definition) is 11. The smallest absolute Gasteiger partial charge is 0.330 e. The topological polar surface area (TPSA) is 121 Å². The van der Waals surface area contributed by atoms with Crippen molar-refractivity contribution in [3.63, 3.8) is 0 Å². The summed E-state index contributed by atoms with van der Waals surface area (Å²) in [4.78, 5) is 25.9. The van der Waals surface area contributed by atoms with Gasteiger partial charge in [-0.15, -0.1) is 0 Å². The minimum absolute atomic E-state index is 0.0385. The molecule has 2 aromatic rings. The highest BCUT2D eigenvalue weighted by molar-refractivity contribution is 8.76. The first-order valence-corrected chi connectivity index (χ1v) is 16.0. The number of aromatic nitrogens is 2. The lowest BCUT2D eigenvalue weighted by Crippen LogP contribution is -2.49. The minimum atomic E-state index is -3.26. The zero-order valence-electron chi connectivity index (χ0n) is 18.7. The van der Waals surface area contributed by atoms with Crippen LogP contribution in [-0.2, 0) is 41.5 Å². The largest absolute Gasteiger partial charge is 0.383 e. The summed E-state index contributed by atoms with van der Waals surface area (Å²) in [6.45, 7) is -1.27. The molecule has 0 spiro atoms. The summed E-state index contributed by atoms with van der Waals surface area (Å²) in [5.74, 6) is 1.37. The number of aliphatic hydroxyl groups is 1. The molecule has 3 aliphatic heterocycles. The summed E-state index contributed by atoms with van der Waals surface area (Å²) in [5.41, 5.74) is -1.82. The van der Waals surface area contributed by atoms with E-state index < -0.39 is 42.0 Å². The molecule has 3 aliphatic rings. The number of hydrogen-bond donors (Lipinski definition) is 2. The van der Waals surface area contributed by atoms with Crippen molar-refractivity contribution < 1.29 is 28.2 Å². The van der Waals surface area contributed by atoms with E-state index in [4.69, 9.17) is 34.9 Å². The van der Waals surface area contributed by atoms with Crippen molar-refractivity contribution >= 4 is 40.1 Å². The Balaban J connectivity index is 1.29. The molecule has 10 nitrogen and oxygen atoms in total. The van der Waals surface area contributed by atoms with E-state index in [1.165, 1.54) is 19.2 Å². The molecule has 5 rings (SSSR count). The molecule has 2 N–H and O–H groups in total. The Morgan fingerprint density at radius 2 is 1.97 bits per heavy atom. The number of nitrogens with zero attached hydrogens (tertiary/aromatic N) is 1. The van der Waals surface area contributed by atoms with Gasteiger partial charge in [0.2, 0.25) is 0 Å². The molecule has 4 heterocycles. The van der Waals surface area contributed by atoms with Crippen molar-refractivity contribution in [2.75, 3.05) is 18.1 Å². The lowest BCUT2D eigenvalue weighted by molar-refractivity contribution is -0.0940. The first kappa shape index (κ1) is 25.7. The van der Waals surface area contributed by atoms with E-state index in [1.54, 1.807) is 21.6 Å². The van der Waals surface area contributed by atoms with E-state index in [-0.39, 0.29) is 18.8 Å². The number of benzene rings is 1. The lowest BCUT2D eigenvalue weighted by Gasteiger charge is -2.40. The van der Waals surface area contributed by atoms with E-state index in [9.17, 15) is 14.7 Å². The normalized spacial score (nSPS) is 37.1. The fourth-order valence-electron chi connectivity index (χ4n) is 4.18. The summed E-state index contributed by atoms with van der Waals surface area (Å²) in [6.07, 6.45) is -1.95. The van der Waals surface area contributed by atoms with E-state index in [0.717, 1.165) is 15.9 Å². The molecular formula is C21H25N2O8PS3. The fraction of sp³-hybridized carbons (Fsp3) is 0.524. The van der Waals surface area contributed by atoms with Gasteiger partial charge in [0.05, 0.1) is 19.3 Å². The van der Waals surface area contributed by atoms with E-state index in [0.29, 0.717) is 12.4 Å². The molecule has 190 valence electrons. The maximum atomic E-state index is 12.3. The van der Waals surface area contributed by atoms with Gasteiger partial charge in [0, 0.05) is 23.8 Å². The molecule has 7 atom stereocenters. The van der Waals surface area contributed by atoms with E-state index >= 15 is 0 Å². The average Bonchev–Trinajstić information content (AvgIpc) is 3.08. The molecule has 0 saturated carbocycles. The maximum Gasteiger partial charge on any atom is 0.330 e. The second-order valence-electron chi connectivity index (χ2n) is 8.59. The van der Waals surface area contributed by atoms with Crippen LogP contribution in [0.3, 0.4) is 0 Å². The van der Waals surface area contributed by atoms with Crippen LogP contribution >= 0.6 is 28.3 Å². The Bertz CT molecular complexity index is 1210. The van der Waals surface area contributed by atoms with Crippen molar-refractivity contribution in [2.24, 2.45) is 0 Å². The Labute approximate surface area is 214 Å². The predicted octanol–water partition coefficient (Wildman–Crippen LogP) is 2.19. The van der Waals surface area contributed by atoms with Crippen molar-refractivity contribution in [1.82, 2.24) is 9.55 Å². The highest BCUT2D eigenvalue weighted by atomic mass is 33.1. The van der Waals surface area contributed by atoms with Crippen LogP contribution < -0.4 is 11.2 Å². The van der Waals surface area contributed by atoms with Gasteiger partial charge in [-0.05, 0) is 24.3 Å². The van der Waals surface area contributed by atoms with Gasteiger partial charge in [-0.1, -0.05) is 51.9 Å². The van der Waals surface area contributed by atoms with Gasteiger partial charge < -0.3 is 23.6 Å². The minimum Gasteiger partial charge on any atom is -0.383 e. The maximum absolute atomic E-state index is 12.3. The van der Waals surface area contributed by atoms with Gasteiger partial charge in [0.1, 0.15) is 23.9 Å². The van der Waals surface area contributed by atoms with Crippen LogP contribution in [-0.4, -0.2) is 62.8 Å². The molecule has 3 saturated heterocycles. The van der Waals surface area contributed by atoms with Gasteiger partial charge >= 0.3 is 12.4 Å². The molecule has 35 heavy (non-hydrogen) atoms. The predicted molar refractivity (Wildman–Crippen MR) is 136 cm³/mol. The standard InChI is InChI=1S/C21H25N2O8PS3/c1-21(26)18-14(29-19(21)23-8-7-17(24)22-20(23)25)10-28-32(33,31-18)30-16-12-35-34-11-15(16)27-9-13-5-3-2-4-6-13/h2-8,14-16,18-19,26H,9-12H2,1H3,(H,22,24,25)/t14?,15-,16?,18+,19+,21+,32?/m0/s1. The number of nitrogens with one attached hydrogen (secondary N) is 1. The Hall–Kier alpha value is -0.990. The van der Waals surface area contributed by atoms with Gasteiger partial charge in [-0.3, -0.25) is 18.9 Å². The molecule has 3 fully saturated rings. The number of rotatable bonds is 6. The van der Waals surface area contributed by atoms with Crippen LogP contribution in [0.2, 0.25) is 0 Å². The number of ether oxygens (including phenoxy) is 2. The monoisotopic (exact) mass is 560 g/mol. The highest BCUT2D eigenvalue weighted by Gasteiger charge is 2.59. The van der Waals surface area contributed by atoms with Crippen molar-refractivity contribution in [2.45, 2.75) is 49.8 Å². The van der Waals surface area contributed by atoms with E-state index in [2.05, 4.69) is 4.98 Å². The van der Waals surface area contributed by atoms with Crippen molar-refractivity contribution in [3.8, 4) is 0 Å². The van der Waals surface area contributed by atoms with Crippen LogP contribution in [0.5, 0.6) is 0 Å². The Morgan fingerprint density at radius 1 is 1.23 bits per heavy atom. The van der Waals surface area contributed by atoms with Gasteiger partial charge in [0.15, 0.2) is 6.23 Å². The molecule has 0 radical (unpaired) electrons. The lowest BCUT2D eigenvalue weighted by atomic mass is 9.96. The molecule has 3 unspecified atom stereocenters. The number of H-pyrrole nitrogens is 1. The molecule has 0 amide bonds. The number of aromatic amines is 1. The highest BCUT2D eigenvalue weighted by Crippen LogP contribution is 2.60. The van der Waals surface area contributed by atoms with Gasteiger partial charge in [0.25, 0.3) is 5.56 Å². The Morgan fingerprint density at radius 3 is 2.71 bits per heavy atom. The first-order chi connectivity index (χ1) is 16.7. The SMILES string of the molecule is C[C@@]1(O)[C@@H]2OP(=S)(OC3CSSC[C@@H]3OCc3ccccc3)OCC2O[C@H]1n1ccc(=O)[nH]c1=O. The summed E-state index contributed by atoms with van der Waals surface area (Å²) in [6, 6.07) is 11.1. The third-order valence-electron chi connectivity index (χ3n) is 5.99. The van der Waals surface area contributed by atoms with Crippen LogP contribution in [0.15, 0.2) is 52.2 Å². The molecule has 1 aromatic heterocycles. The van der Waals surface area contributed by atoms with Crippen molar-refractivity contribution in [3.05, 3.63) is 69.0 Å². The van der Waals surface area contributed by atoms with Gasteiger partial charge in [-0.2, -0.15) is 0 Å². The van der Waals surface area contributed by atoms with Crippen molar-refractivity contribution in [1.29, 1.82) is 0 Å². The van der Waals surface area contributed by atoms with Crippen LogP contribution in [0, 0.1) is 0 Å². The summed E-state index contributed by atoms with van der Waals surface area (Å²) in [5, 5.41) is 11.3. The molecule has 14 heteroatoms. The fourth-order valence-corrected chi connectivity index (χ4v) is 9.18. The molecular weight excluding hydrogens is 535 g/mol. The zero-order chi connectivity index (χ0) is 24.6. The molecule has 0 bridgehead atoms. The Kier molecular flexibility index (Phi) is 7.63. The van der Waals surface area contributed by atoms with Crippen LogP contribution in [0.1, 0.15) is 18.7 Å². The summed E-state index contributed by atoms with van der Waals surface area (Å²) >= 11 is 5.68. The number of fused-ring (bicyclic) bond motifs is 1. The first-order valence-electron chi connectivity index (χ1n) is 11.0. The third kappa shape index (κ3) is 5.49. The quantitative estimate of drug-likeness (QED) is 0.400. The molecule has 0 aliphatic carbocycles. The van der Waals surface area contributed by atoms with E-state index in [1.807, 2.05) is 30.3 Å². The second kappa shape index (κ2) is 10.4. The second-order valence-corrected chi connectivity index (χ2v) is 14.1.